The largest absolute Gasteiger partial charge is 0.493 e. The number of nitrogens with zero attached hydrogens (tertiary/aromatic N) is 2. The summed E-state index contributed by atoms with van der Waals surface area (Å²) in [5, 5.41) is 4.43. The van der Waals surface area contributed by atoms with E-state index in [1.807, 2.05) is 0 Å². The molecule has 0 bridgehead atoms. The Kier molecular flexibility index (Phi) is 5.40. The standard InChI is InChI=1S/C20H19FN2O4/c1-25-17-10-14(11-18(26-2)20(17)27-3)16-8-9-19(24)23(22-16)12-13-4-6-15(21)7-5-13/h4-11H,12H2,1-3H3. The molecule has 2 aromatic carbocycles. The summed E-state index contributed by atoms with van der Waals surface area (Å²) in [6.07, 6.45) is 0. The summed E-state index contributed by atoms with van der Waals surface area (Å²) in [5.41, 5.74) is 1.79. The molecule has 0 N–H and O–H groups in total. The molecule has 140 valence electrons. The Hall–Kier alpha value is -3.35. The van der Waals surface area contributed by atoms with Crippen LogP contribution in [0.25, 0.3) is 11.3 Å². The third-order valence-corrected chi connectivity index (χ3v) is 4.07. The quantitative estimate of drug-likeness (QED) is 0.667. The van der Waals surface area contributed by atoms with E-state index in [9.17, 15) is 9.18 Å². The molecule has 0 aliphatic carbocycles. The predicted molar refractivity (Wildman–Crippen MR) is 99.1 cm³/mol. The zero-order valence-corrected chi connectivity index (χ0v) is 15.2. The number of ether oxygens (including phenoxy) is 3. The number of benzene rings is 2. The second-order valence-corrected chi connectivity index (χ2v) is 5.75. The Balaban J connectivity index is 2.03. The van der Waals surface area contributed by atoms with Crippen molar-refractivity contribution in [1.29, 1.82) is 0 Å². The normalized spacial score (nSPS) is 10.5. The van der Waals surface area contributed by atoms with Crippen LogP contribution < -0.4 is 19.8 Å². The van der Waals surface area contributed by atoms with Gasteiger partial charge in [-0.25, -0.2) is 9.07 Å². The molecule has 0 unspecified atom stereocenters. The summed E-state index contributed by atoms with van der Waals surface area (Å²) in [7, 11) is 4.59. The van der Waals surface area contributed by atoms with Crippen molar-refractivity contribution in [1.82, 2.24) is 9.78 Å². The second-order valence-electron chi connectivity index (χ2n) is 5.75. The van der Waals surface area contributed by atoms with Gasteiger partial charge >= 0.3 is 0 Å². The third-order valence-electron chi connectivity index (χ3n) is 4.07. The molecule has 0 aliphatic heterocycles. The summed E-state index contributed by atoms with van der Waals surface area (Å²) in [4.78, 5) is 12.2. The van der Waals surface area contributed by atoms with Crippen molar-refractivity contribution in [3.63, 3.8) is 0 Å². The molecule has 0 fully saturated rings. The lowest BCUT2D eigenvalue weighted by Gasteiger charge is -2.14. The van der Waals surface area contributed by atoms with Crippen LogP contribution in [-0.4, -0.2) is 31.1 Å². The maximum atomic E-state index is 13.1. The minimum atomic E-state index is -0.328. The number of halogens is 1. The molecule has 0 aliphatic rings. The summed E-state index contributed by atoms with van der Waals surface area (Å²) < 4.78 is 30.5. The van der Waals surface area contributed by atoms with Crippen LogP contribution in [0.15, 0.2) is 53.3 Å². The summed E-state index contributed by atoms with van der Waals surface area (Å²) >= 11 is 0. The molecule has 0 atom stereocenters. The van der Waals surface area contributed by atoms with E-state index in [0.29, 0.717) is 28.5 Å². The fraction of sp³-hybridized carbons (Fsp3) is 0.200. The monoisotopic (exact) mass is 370 g/mol. The molecule has 0 spiro atoms. The zero-order chi connectivity index (χ0) is 19.4. The molecule has 0 saturated carbocycles. The molecule has 0 saturated heterocycles. The number of aromatic nitrogens is 2. The summed E-state index contributed by atoms with van der Waals surface area (Å²) in [6, 6.07) is 12.5. The Morgan fingerprint density at radius 3 is 2.11 bits per heavy atom. The molecule has 27 heavy (non-hydrogen) atoms. The van der Waals surface area contributed by atoms with E-state index >= 15 is 0 Å². The first kappa shape index (κ1) is 18.4. The van der Waals surface area contributed by atoms with Crippen molar-refractivity contribution in [2.24, 2.45) is 0 Å². The zero-order valence-electron chi connectivity index (χ0n) is 15.2. The molecule has 0 amide bonds. The molecule has 3 aromatic rings. The highest BCUT2D eigenvalue weighted by molar-refractivity contribution is 5.68. The first-order valence-corrected chi connectivity index (χ1v) is 8.18. The van der Waals surface area contributed by atoms with Gasteiger partial charge in [-0.15, -0.1) is 0 Å². The van der Waals surface area contributed by atoms with Crippen molar-refractivity contribution < 1.29 is 18.6 Å². The average Bonchev–Trinajstić information content (AvgIpc) is 2.70. The molecular weight excluding hydrogens is 351 g/mol. The van der Waals surface area contributed by atoms with Crippen LogP contribution in [0.1, 0.15) is 5.56 Å². The Morgan fingerprint density at radius 2 is 1.56 bits per heavy atom. The van der Waals surface area contributed by atoms with Crippen molar-refractivity contribution in [3.8, 4) is 28.5 Å². The lowest BCUT2D eigenvalue weighted by Crippen LogP contribution is -2.22. The van der Waals surface area contributed by atoms with Gasteiger partial charge in [-0.3, -0.25) is 4.79 Å². The van der Waals surface area contributed by atoms with Gasteiger partial charge in [0.25, 0.3) is 5.56 Å². The van der Waals surface area contributed by atoms with Crippen molar-refractivity contribution >= 4 is 0 Å². The van der Waals surface area contributed by atoms with E-state index in [1.54, 1.807) is 30.3 Å². The number of methoxy groups -OCH3 is 3. The van der Waals surface area contributed by atoms with Crippen molar-refractivity contribution in [2.75, 3.05) is 21.3 Å². The SMILES string of the molecule is COc1cc(-c2ccc(=O)n(Cc3ccc(F)cc3)n2)cc(OC)c1OC. The van der Waals surface area contributed by atoms with Gasteiger partial charge in [-0.2, -0.15) is 5.10 Å². The van der Waals surface area contributed by atoms with E-state index < -0.39 is 0 Å². The number of hydrogen-bond donors (Lipinski definition) is 0. The van der Waals surface area contributed by atoms with E-state index in [1.165, 1.54) is 44.2 Å². The maximum Gasteiger partial charge on any atom is 0.267 e. The molecule has 0 radical (unpaired) electrons. The molecule has 7 heteroatoms. The Labute approximate surface area is 155 Å². The van der Waals surface area contributed by atoms with Crippen LogP contribution >= 0.6 is 0 Å². The fourth-order valence-corrected chi connectivity index (χ4v) is 2.71. The third kappa shape index (κ3) is 3.92. The second kappa shape index (κ2) is 7.90. The average molecular weight is 370 g/mol. The summed E-state index contributed by atoms with van der Waals surface area (Å²) in [5.74, 6) is 1.13. The van der Waals surface area contributed by atoms with Gasteiger partial charge in [-0.05, 0) is 35.9 Å². The molecular formula is C20H19FN2O4. The van der Waals surface area contributed by atoms with E-state index in [0.717, 1.165) is 5.56 Å². The fourth-order valence-electron chi connectivity index (χ4n) is 2.71. The lowest BCUT2D eigenvalue weighted by atomic mass is 10.1. The van der Waals surface area contributed by atoms with Crippen LogP contribution in [0.3, 0.4) is 0 Å². The van der Waals surface area contributed by atoms with E-state index in [-0.39, 0.29) is 17.9 Å². The topological polar surface area (TPSA) is 62.6 Å². The minimum Gasteiger partial charge on any atom is -0.493 e. The lowest BCUT2D eigenvalue weighted by molar-refractivity contribution is 0.324. The van der Waals surface area contributed by atoms with E-state index in [2.05, 4.69) is 5.10 Å². The van der Waals surface area contributed by atoms with Crippen LogP contribution in [-0.2, 0) is 6.54 Å². The first-order chi connectivity index (χ1) is 13.0. The highest BCUT2D eigenvalue weighted by atomic mass is 19.1. The Morgan fingerprint density at radius 1 is 0.926 bits per heavy atom. The van der Waals surface area contributed by atoms with Crippen LogP contribution in [0.5, 0.6) is 17.2 Å². The number of hydrogen-bond acceptors (Lipinski definition) is 5. The van der Waals surface area contributed by atoms with Crippen LogP contribution in [0.4, 0.5) is 4.39 Å². The predicted octanol–water partition coefficient (Wildman–Crippen LogP) is 3.12. The maximum absolute atomic E-state index is 13.1. The van der Waals surface area contributed by atoms with Gasteiger partial charge in [0.1, 0.15) is 5.82 Å². The van der Waals surface area contributed by atoms with Gasteiger partial charge in [0.05, 0.1) is 33.6 Å². The smallest absolute Gasteiger partial charge is 0.267 e. The van der Waals surface area contributed by atoms with Gasteiger partial charge < -0.3 is 14.2 Å². The van der Waals surface area contributed by atoms with Crippen molar-refractivity contribution in [3.05, 3.63) is 70.3 Å². The minimum absolute atomic E-state index is 0.234. The van der Waals surface area contributed by atoms with Crippen LogP contribution in [0, 0.1) is 5.82 Å². The first-order valence-electron chi connectivity index (χ1n) is 8.18. The van der Waals surface area contributed by atoms with Crippen molar-refractivity contribution in [2.45, 2.75) is 6.54 Å². The van der Waals surface area contributed by atoms with Gasteiger partial charge in [0.15, 0.2) is 11.5 Å². The van der Waals surface area contributed by atoms with Gasteiger partial charge in [-0.1, -0.05) is 12.1 Å². The van der Waals surface area contributed by atoms with Crippen LogP contribution in [0.2, 0.25) is 0 Å². The van der Waals surface area contributed by atoms with Gasteiger partial charge in [0, 0.05) is 11.6 Å². The van der Waals surface area contributed by atoms with Gasteiger partial charge in [0.2, 0.25) is 5.75 Å². The molecule has 3 rings (SSSR count). The number of rotatable bonds is 6. The Bertz CT molecular complexity index is 975. The van der Waals surface area contributed by atoms with E-state index in [4.69, 9.17) is 14.2 Å². The molecule has 6 nitrogen and oxygen atoms in total. The summed E-state index contributed by atoms with van der Waals surface area (Å²) in [6.45, 7) is 0.234. The highest BCUT2D eigenvalue weighted by Crippen LogP contribution is 2.40. The molecule has 1 aromatic heterocycles. The molecule has 1 heterocycles. The highest BCUT2D eigenvalue weighted by Gasteiger charge is 2.15.